The highest BCUT2D eigenvalue weighted by Gasteiger charge is 2.15. The number of nitro benzene ring substituents is 1. The average Bonchev–Trinajstić information content (AvgIpc) is 3.12. The number of para-hydroxylation sites is 1. The van der Waals surface area contributed by atoms with Crippen LogP contribution in [0.2, 0.25) is 0 Å². The lowest BCUT2D eigenvalue weighted by atomic mass is 10.1. The number of fused-ring (bicyclic) bond motifs is 1. The van der Waals surface area contributed by atoms with Crippen LogP contribution < -0.4 is 10.6 Å². The highest BCUT2D eigenvalue weighted by Crippen LogP contribution is 2.29. The van der Waals surface area contributed by atoms with Gasteiger partial charge < -0.3 is 15.1 Å². The van der Waals surface area contributed by atoms with Crippen molar-refractivity contribution in [3.8, 4) is 0 Å². The van der Waals surface area contributed by atoms with E-state index >= 15 is 0 Å². The summed E-state index contributed by atoms with van der Waals surface area (Å²) in [5, 5.41) is 17.8. The van der Waals surface area contributed by atoms with Crippen LogP contribution in [0.25, 0.3) is 10.9 Å². The lowest BCUT2D eigenvalue weighted by molar-refractivity contribution is -0.383. The third kappa shape index (κ3) is 3.57. The highest BCUT2D eigenvalue weighted by molar-refractivity contribution is 5.96. The first kappa shape index (κ1) is 16.4. The molecule has 0 bridgehead atoms. The van der Waals surface area contributed by atoms with Gasteiger partial charge in [-0.3, -0.25) is 14.9 Å². The van der Waals surface area contributed by atoms with E-state index in [0.717, 1.165) is 5.69 Å². The van der Waals surface area contributed by atoms with Gasteiger partial charge in [-0.25, -0.2) is 4.98 Å². The van der Waals surface area contributed by atoms with Crippen molar-refractivity contribution in [2.45, 2.75) is 6.92 Å². The number of carbonyl (C=O) groups is 1. The molecule has 128 valence electrons. The summed E-state index contributed by atoms with van der Waals surface area (Å²) in [6.07, 6.45) is 1.44. The van der Waals surface area contributed by atoms with Crippen LogP contribution in [-0.2, 0) is 0 Å². The molecule has 0 saturated heterocycles. The molecule has 3 rings (SSSR count). The highest BCUT2D eigenvalue weighted by atomic mass is 16.6. The molecule has 8 nitrogen and oxygen atoms in total. The molecule has 2 N–H and O–H groups in total. The van der Waals surface area contributed by atoms with Gasteiger partial charge in [0.25, 0.3) is 11.6 Å². The van der Waals surface area contributed by atoms with E-state index in [2.05, 4.69) is 15.6 Å². The Hall–Kier alpha value is -3.42. The minimum absolute atomic E-state index is 0.0321. The number of aromatic nitrogens is 1. The molecule has 0 aliphatic carbocycles. The van der Waals surface area contributed by atoms with Gasteiger partial charge >= 0.3 is 0 Å². The SMILES string of the molecule is Cc1cc(NCCNC(=O)c2ccco2)c2cccc([N+](=O)[O-])c2n1. The van der Waals surface area contributed by atoms with Crippen LogP contribution in [0.15, 0.2) is 47.1 Å². The zero-order chi connectivity index (χ0) is 17.8. The van der Waals surface area contributed by atoms with Crippen molar-refractivity contribution in [1.29, 1.82) is 0 Å². The van der Waals surface area contributed by atoms with Gasteiger partial charge in [0.15, 0.2) is 11.3 Å². The second-order valence-electron chi connectivity index (χ2n) is 5.40. The number of hydrogen-bond acceptors (Lipinski definition) is 6. The number of aryl methyl sites for hydroxylation is 1. The largest absolute Gasteiger partial charge is 0.459 e. The van der Waals surface area contributed by atoms with Crippen LogP contribution in [0, 0.1) is 17.0 Å². The third-order valence-electron chi connectivity index (χ3n) is 3.61. The van der Waals surface area contributed by atoms with Crippen molar-refractivity contribution in [3.63, 3.8) is 0 Å². The number of furan rings is 1. The first-order chi connectivity index (χ1) is 12.1. The summed E-state index contributed by atoms with van der Waals surface area (Å²) in [5.74, 6) is -0.0426. The molecular weight excluding hydrogens is 324 g/mol. The van der Waals surface area contributed by atoms with Crippen LogP contribution in [-0.4, -0.2) is 28.9 Å². The Morgan fingerprint density at radius 3 is 2.84 bits per heavy atom. The summed E-state index contributed by atoms with van der Waals surface area (Å²) in [6.45, 7) is 2.60. The number of pyridine rings is 1. The minimum atomic E-state index is -0.442. The van der Waals surface area contributed by atoms with Crippen molar-refractivity contribution in [2.75, 3.05) is 18.4 Å². The van der Waals surface area contributed by atoms with Crippen LogP contribution in [0.5, 0.6) is 0 Å². The Morgan fingerprint density at radius 2 is 2.12 bits per heavy atom. The summed E-state index contributed by atoms with van der Waals surface area (Å²) in [6, 6.07) is 9.88. The van der Waals surface area contributed by atoms with Gasteiger partial charge in [-0.2, -0.15) is 0 Å². The molecule has 3 aromatic rings. The van der Waals surface area contributed by atoms with Crippen LogP contribution in [0.1, 0.15) is 16.2 Å². The fraction of sp³-hybridized carbons (Fsp3) is 0.176. The number of rotatable bonds is 6. The van der Waals surface area contributed by atoms with E-state index in [1.165, 1.54) is 12.3 Å². The molecule has 0 atom stereocenters. The lowest BCUT2D eigenvalue weighted by Crippen LogP contribution is -2.28. The minimum Gasteiger partial charge on any atom is -0.459 e. The van der Waals surface area contributed by atoms with Gasteiger partial charge in [0, 0.05) is 35.9 Å². The quantitative estimate of drug-likeness (QED) is 0.405. The van der Waals surface area contributed by atoms with E-state index in [1.54, 1.807) is 31.2 Å². The van der Waals surface area contributed by atoms with E-state index in [4.69, 9.17) is 4.42 Å². The summed E-state index contributed by atoms with van der Waals surface area (Å²) in [5.41, 5.74) is 1.72. The Balaban J connectivity index is 1.72. The van der Waals surface area contributed by atoms with E-state index in [1.807, 2.05) is 6.07 Å². The van der Waals surface area contributed by atoms with Gasteiger partial charge in [0.2, 0.25) is 0 Å². The van der Waals surface area contributed by atoms with Gasteiger partial charge in [0.05, 0.1) is 11.2 Å². The average molecular weight is 340 g/mol. The maximum absolute atomic E-state index is 11.8. The summed E-state index contributed by atoms with van der Waals surface area (Å²) >= 11 is 0. The fourth-order valence-corrected chi connectivity index (χ4v) is 2.52. The second kappa shape index (κ2) is 7.00. The molecule has 0 spiro atoms. The molecule has 2 aromatic heterocycles. The first-order valence-electron chi connectivity index (χ1n) is 7.66. The predicted molar refractivity (Wildman–Crippen MR) is 92.7 cm³/mol. The Morgan fingerprint density at radius 1 is 1.28 bits per heavy atom. The van der Waals surface area contributed by atoms with Gasteiger partial charge in [0.1, 0.15) is 0 Å². The van der Waals surface area contributed by atoms with Gasteiger partial charge in [-0.15, -0.1) is 0 Å². The Kier molecular flexibility index (Phi) is 4.60. The van der Waals surface area contributed by atoms with Crippen molar-refractivity contribution >= 4 is 28.2 Å². The number of hydrogen-bond donors (Lipinski definition) is 2. The maximum Gasteiger partial charge on any atom is 0.295 e. The number of benzene rings is 1. The molecule has 0 aliphatic rings. The lowest BCUT2D eigenvalue weighted by Gasteiger charge is -2.11. The summed E-state index contributed by atoms with van der Waals surface area (Å²) in [4.78, 5) is 26.8. The molecule has 0 saturated carbocycles. The molecular formula is C17H16N4O4. The second-order valence-corrected chi connectivity index (χ2v) is 5.40. The summed E-state index contributed by atoms with van der Waals surface area (Å²) < 4.78 is 5.02. The zero-order valence-electron chi connectivity index (χ0n) is 13.5. The number of amides is 1. The smallest absolute Gasteiger partial charge is 0.295 e. The molecule has 0 unspecified atom stereocenters. The van der Waals surface area contributed by atoms with Gasteiger partial charge in [-0.05, 0) is 25.1 Å². The van der Waals surface area contributed by atoms with E-state index in [0.29, 0.717) is 29.7 Å². The number of nitro groups is 1. The number of nitrogens with one attached hydrogen (secondary N) is 2. The monoisotopic (exact) mass is 340 g/mol. The molecule has 0 aliphatic heterocycles. The molecule has 0 radical (unpaired) electrons. The summed E-state index contributed by atoms with van der Waals surface area (Å²) in [7, 11) is 0. The first-order valence-corrected chi connectivity index (χ1v) is 7.66. The maximum atomic E-state index is 11.8. The van der Waals surface area contributed by atoms with Crippen LogP contribution >= 0.6 is 0 Å². The zero-order valence-corrected chi connectivity index (χ0v) is 13.5. The number of nitrogens with zero attached hydrogens (tertiary/aromatic N) is 2. The molecule has 1 amide bonds. The van der Waals surface area contributed by atoms with Crippen molar-refractivity contribution < 1.29 is 14.1 Å². The van der Waals surface area contributed by atoms with E-state index in [9.17, 15) is 14.9 Å². The topological polar surface area (TPSA) is 110 Å². The van der Waals surface area contributed by atoms with Crippen molar-refractivity contribution in [2.24, 2.45) is 0 Å². The molecule has 0 fully saturated rings. The predicted octanol–water partition coefficient (Wildman–Crippen LogP) is 2.89. The van der Waals surface area contributed by atoms with E-state index in [-0.39, 0.29) is 17.4 Å². The van der Waals surface area contributed by atoms with Crippen molar-refractivity contribution in [3.05, 3.63) is 64.2 Å². The number of non-ortho nitro benzene ring substituents is 1. The van der Waals surface area contributed by atoms with Crippen molar-refractivity contribution in [1.82, 2.24) is 10.3 Å². The molecule has 2 heterocycles. The molecule has 1 aromatic carbocycles. The van der Waals surface area contributed by atoms with Crippen LogP contribution in [0.4, 0.5) is 11.4 Å². The standard InChI is InChI=1S/C17H16N4O4/c1-11-10-13(12-4-2-5-14(21(23)24)16(12)20-11)18-7-8-19-17(22)15-6-3-9-25-15/h2-6,9-10H,7-8H2,1H3,(H,18,20)(H,19,22). The Bertz CT molecular complexity index is 922. The Labute approximate surface area is 143 Å². The number of anilines is 1. The fourth-order valence-electron chi connectivity index (χ4n) is 2.52. The molecule has 8 heteroatoms. The van der Waals surface area contributed by atoms with Crippen LogP contribution in [0.3, 0.4) is 0 Å². The number of carbonyl (C=O) groups excluding carboxylic acids is 1. The normalized spacial score (nSPS) is 10.6. The van der Waals surface area contributed by atoms with E-state index < -0.39 is 4.92 Å². The van der Waals surface area contributed by atoms with Gasteiger partial charge in [-0.1, -0.05) is 12.1 Å². The third-order valence-corrected chi connectivity index (χ3v) is 3.61. The molecule has 25 heavy (non-hydrogen) atoms.